The third-order valence-electron chi connectivity index (χ3n) is 5.92. The molecule has 1 saturated heterocycles. The van der Waals surface area contributed by atoms with Crippen molar-refractivity contribution in [2.75, 3.05) is 37.8 Å². The van der Waals surface area contributed by atoms with Gasteiger partial charge in [0, 0.05) is 24.7 Å². The summed E-state index contributed by atoms with van der Waals surface area (Å²) in [6, 6.07) is 7.30. The molecule has 0 bridgehead atoms. The number of aromatic hydroxyl groups is 1. The maximum atomic E-state index is 13.0. The van der Waals surface area contributed by atoms with Crippen LogP contribution in [-0.4, -0.2) is 69.7 Å². The number of carbonyl (C=O) groups is 1. The second-order valence-corrected chi connectivity index (χ2v) is 8.68. The van der Waals surface area contributed by atoms with Gasteiger partial charge in [-0.3, -0.25) is 9.36 Å². The van der Waals surface area contributed by atoms with E-state index < -0.39 is 0 Å². The van der Waals surface area contributed by atoms with Crippen LogP contribution in [0.2, 0.25) is 0 Å². The van der Waals surface area contributed by atoms with Crippen molar-refractivity contribution in [3.05, 3.63) is 41.9 Å². The fourth-order valence-corrected chi connectivity index (χ4v) is 4.27. The van der Waals surface area contributed by atoms with Gasteiger partial charge in [-0.1, -0.05) is 0 Å². The molecular weight excluding hydrogens is 436 g/mol. The minimum atomic E-state index is -0.355. The predicted molar refractivity (Wildman–Crippen MR) is 126 cm³/mol. The third kappa shape index (κ3) is 4.16. The Labute approximate surface area is 197 Å². The van der Waals surface area contributed by atoms with Gasteiger partial charge >= 0.3 is 0 Å². The van der Waals surface area contributed by atoms with E-state index in [1.807, 2.05) is 32.0 Å². The van der Waals surface area contributed by atoms with E-state index in [1.54, 1.807) is 16.8 Å². The highest BCUT2D eigenvalue weighted by molar-refractivity contribution is 5.92. The Morgan fingerprint density at radius 3 is 2.68 bits per heavy atom. The molecule has 0 unspecified atom stereocenters. The van der Waals surface area contributed by atoms with Crippen LogP contribution in [0.3, 0.4) is 0 Å². The number of carbonyl (C=O) groups excluding carboxylic acids is 1. The number of rotatable bonds is 5. The molecule has 34 heavy (non-hydrogen) atoms. The number of phenolic OH excluding ortho intramolecular Hbond substituents is 1. The number of phenols is 1. The summed E-state index contributed by atoms with van der Waals surface area (Å²) in [5.74, 6) is 1.74. The average Bonchev–Trinajstić information content (AvgIpc) is 3.30. The Kier molecular flexibility index (Phi) is 6.06. The lowest BCUT2D eigenvalue weighted by atomic mass is 10.0. The molecule has 3 aromatic rings. The van der Waals surface area contributed by atoms with Crippen LogP contribution >= 0.6 is 0 Å². The van der Waals surface area contributed by atoms with Gasteiger partial charge in [0.15, 0.2) is 5.82 Å². The molecule has 5 rings (SSSR count). The molecule has 0 spiro atoms. The SMILES string of the molecule is CC(C)NC(=O)c1nnc(-c2ccc3c(c2O)CCCO3)n1-c1ccc(N2CCOCC2)nc1. The molecule has 4 heterocycles. The van der Waals surface area contributed by atoms with Crippen molar-refractivity contribution >= 4 is 11.7 Å². The molecule has 0 saturated carbocycles. The van der Waals surface area contributed by atoms with Gasteiger partial charge in [0.2, 0.25) is 5.82 Å². The highest BCUT2D eigenvalue weighted by Crippen LogP contribution is 2.40. The number of hydrogen-bond donors (Lipinski definition) is 2. The van der Waals surface area contributed by atoms with Crippen LogP contribution < -0.4 is 15.0 Å². The first-order valence-electron chi connectivity index (χ1n) is 11.6. The van der Waals surface area contributed by atoms with Crippen LogP contribution in [-0.2, 0) is 11.2 Å². The van der Waals surface area contributed by atoms with Gasteiger partial charge in [-0.15, -0.1) is 10.2 Å². The van der Waals surface area contributed by atoms with Crippen molar-refractivity contribution in [3.63, 3.8) is 0 Å². The molecule has 2 aliphatic heterocycles. The van der Waals surface area contributed by atoms with Gasteiger partial charge in [0.05, 0.1) is 37.3 Å². The van der Waals surface area contributed by atoms with E-state index in [0.29, 0.717) is 49.1 Å². The van der Waals surface area contributed by atoms with Crippen molar-refractivity contribution in [3.8, 4) is 28.6 Å². The molecule has 0 radical (unpaired) electrons. The topological polar surface area (TPSA) is 115 Å². The minimum absolute atomic E-state index is 0.0720. The molecule has 10 nitrogen and oxygen atoms in total. The summed E-state index contributed by atoms with van der Waals surface area (Å²) in [6.45, 7) is 7.28. The van der Waals surface area contributed by atoms with Crippen LogP contribution in [0.15, 0.2) is 30.5 Å². The summed E-state index contributed by atoms with van der Waals surface area (Å²) in [5, 5.41) is 22.4. The molecular formula is C24H28N6O4. The molecule has 2 aliphatic rings. The number of hydrogen-bond acceptors (Lipinski definition) is 8. The van der Waals surface area contributed by atoms with Crippen LogP contribution in [0.1, 0.15) is 36.5 Å². The summed E-state index contributed by atoms with van der Waals surface area (Å²) < 4.78 is 12.7. The number of benzene rings is 1. The maximum Gasteiger partial charge on any atom is 0.289 e. The molecule has 1 amide bonds. The highest BCUT2D eigenvalue weighted by Gasteiger charge is 2.26. The van der Waals surface area contributed by atoms with Crippen molar-refractivity contribution in [1.29, 1.82) is 0 Å². The summed E-state index contributed by atoms with van der Waals surface area (Å²) in [7, 11) is 0. The first-order chi connectivity index (χ1) is 16.5. The van der Waals surface area contributed by atoms with Gasteiger partial charge in [-0.25, -0.2) is 4.98 Å². The van der Waals surface area contributed by atoms with E-state index >= 15 is 0 Å². The van der Waals surface area contributed by atoms with Gasteiger partial charge in [0.1, 0.15) is 17.3 Å². The normalized spacial score (nSPS) is 15.7. The Hall–Kier alpha value is -3.66. The highest BCUT2D eigenvalue weighted by atomic mass is 16.5. The molecule has 0 aliphatic carbocycles. The van der Waals surface area contributed by atoms with Crippen molar-refractivity contribution in [1.82, 2.24) is 25.1 Å². The number of fused-ring (bicyclic) bond motifs is 1. The second kappa shape index (κ2) is 9.30. The monoisotopic (exact) mass is 464 g/mol. The lowest BCUT2D eigenvalue weighted by Gasteiger charge is -2.27. The van der Waals surface area contributed by atoms with Gasteiger partial charge < -0.3 is 24.8 Å². The number of ether oxygens (including phenoxy) is 2. The molecule has 1 fully saturated rings. The zero-order chi connectivity index (χ0) is 23.7. The first kappa shape index (κ1) is 22.1. The van der Waals surface area contributed by atoms with E-state index in [0.717, 1.165) is 30.9 Å². The zero-order valence-electron chi connectivity index (χ0n) is 19.3. The smallest absolute Gasteiger partial charge is 0.289 e. The molecule has 178 valence electrons. The number of amides is 1. The molecule has 10 heteroatoms. The molecule has 1 aromatic carbocycles. The van der Waals surface area contributed by atoms with Gasteiger partial charge in [-0.05, 0) is 51.0 Å². The molecule has 2 aromatic heterocycles. The minimum Gasteiger partial charge on any atom is -0.507 e. The maximum absolute atomic E-state index is 13.0. The lowest BCUT2D eigenvalue weighted by molar-refractivity contribution is 0.0930. The summed E-state index contributed by atoms with van der Waals surface area (Å²) in [6.07, 6.45) is 3.23. The van der Waals surface area contributed by atoms with Gasteiger partial charge in [-0.2, -0.15) is 0 Å². The number of morpholine rings is 1. The Morgan fingerprint density at radius 2 is 1.94 bits per heavy atom. The van der Waals surface area contributed by atoms with E-state index in [-0.39, 0.29) is 23.5 Å². The number of pyridine rings is 1. The summed E-state index contributed by atoms with van der Waals surface area (Å²) in [4.78, 5) is 19.7. The quantitative estimate of drug-likeness (QED) is 0.591. The number of anilines is 1. The van der Waals surface area contributed by atoms with Gasteiger partial charge in [0.25, 0.3) is 5.91 Å². The fraction of sp³-hybridized carbons (Fsp3) is 0.417. The Bertz CT molecular complexity index is 1180. The fourth-order valence-electron chi connectivity index (χ4n) is 4.27. The number of nitrogens with one attached hydrogen (secondary N) is 1. The molecule has 0 atom stereocenters. The van der Waals surface area contributed by atoms with Crippen LogP contribution in [0, 0.1) is 0 Å². The van der Waals surface area contributed by atoms with Crippen LogP contribution in [0.25, 0.3) is 17.1 Å². The second-order valence-electron chi connectivity index (χ2n) is 8.68. The Balaban J connectivity index is 1.59. The van der Waals surface area contributed by atoms with E-state index in [4.69, 9.17) is 9.47 Å². The van der Waals surface area contributed by atoms with E-state index in [1.165, 1.54) is 0 Å². The lowest BCUT2D eigenvalue weighted by Crippen LogP contribution is -2.36. The standard InChI is InChI=1S/C24H28N6O4/c1-15(2)26-24(32)23-28-27-22(18-6-7-19-17(21(18)31)4-3-11-34-19)30(23)16-5-8-20(25-14-16)29-9-12-33-13-10-29/h5-8,14-15,31H,3-4,9-13H2,1-2H3,(H,26,32). The average molecular weight is 465 g/mol. The summed E-state index contributed by atoms with van der Waals surface area (Å²) in [5.41, 5.74) is 1.85. The Morgan fingerprint density at radius 1 is 1.12 bits per heavy atom. The van der Waals surface area contributed by atoms with E-state index in [9.17, 15) is 9.90 Å². The first-order valence-corrected chi connectivity index (χ1v) is 11.6. The largest absolute Gasteiger partial charge is 0.507 e. The number of nitrogens with zero attached hydrogens (tertiary/aromatic N) is 5. The summed E-state index contributed by atoms with van der Waals surface area (Å²) >= 11 is 0. The zero-order valence-corrected chi connectivity index (χ0v) is 19.3. The number of aromatic nitrogens is 4. The van der Waals surface area contributed by atoms with Crippen LogP contribution in [0.5, 0.6) is 11.5 Å². The van der Waals surface area contributed by atoms with Crippen molar-refractivity contribution < 1.29 is 19.4 Å². The third-order valence-corrected chi connectivity index (χ3v) is 5.92. The predicted octanol–water partition coefficient (Wildman–Crippen LogP) is 2.33. The van der Waals surface area contributed by atoms with Crippen molar-refractivity contribution in [2.45, 2.75) is 32.7 Å². The molecule has 2 N–H and O–H groups in total. The van der Waals surface area contributed by atoms with Crippen molar-refractivity contribution in [2.24, 2.45) is 0 Å². The van der Waals surface area contributed by atoms with Crippen LogP contribution in [0.4, 0.5) is 5.82 Å². The van der Waals surface area contributed by atoms with E-state index in [2.05, 4.69) is 25.4 Å².